The maximum absolute atomic E-state index is 4.48. The quantitative estimate of drug-likeness (QED) is 0.419. The first-order valence-corrected chi connectivity index (χ1v) is 10.1. The Morgan fingerprint density at radius 3 is 2.34 bits per heavy atom. The van der Waals surface area contributed by atoms with Gasteiger partial charge in [-0.2, -0.15) is 4.68 Å². The van der Waals surface area contributed by atoms with Crippen LogP contribution in [0.4, 0.5) is 5.69 Å². The third-order valence-corrected chi connectivity index (χ3v) is 5.51. The molecule has 0 spiro atoms. The van der Waals surface area contributed by atoms with Crippen molar-refractivity contribution in [2.75, 3.05) is 18.0 Å². The zero-order valence-corrected chi connectivity index (χ0v) is 16.7. The van der Waals surface area contributed by atoms with E-state index in [1.54, 1.807) is 0 Å². The minimum Gasteiger partial charge on any atom is -0.372 e. The Balaban J connectivity index is 1.72. The highest BCUT2D eigenvalue weighted by molar-refractivity contribution is 5.92. The number of para-hydroxylation sites is 1. The number of hydrogen-bond donors (Lipinski definition) is 0. The highest BCUT2D eigenvalue weighted by Gasteiger charge is 2.16. The zero-order chi connectivity index (χ0) is 19.8. The van der Waals surface area contributed by atoms with Crippen LogP contribution in [-0.4, -0.2) is 32.7 Å². The van der Waals surface area contributed by atoms with Gasteiger partial charge in [-0.05, 0) is 50.2 Å². The highest BCUT2D eigenvalue weighted by atomic mass is 15.5. The van der Waals surface area contributed by atoms with E-state index < -0.39 is 0 Å². The molecule has 29 heavy (non-hydrogen) atoms. The minimum atomic E-state index is 0.890. The number of nitrogens with zero attached hydrogens (tertiary/aromatic N) is 5. The van der Waals surface area contributed by atoms with Gasteiger partial charge in [-0.15, -0.1) is 5.10 Å². The molecule has 5 aromatic rings. The van der Waals surface area contributed by atoms with Gasteiger partial charge in [0.2, 0.25) is 0 Å². The molecule has 0 aliphatic rings. The van der Waals surface area contributed by atoms with Crippen LogP contribution in [0.15, 0.2) is 79.0 Å². The van der Waals surface area contributed by atoms with E-state index in [1.807, 2.05) is 22.9 Å². The molecule has 0 aliphatic heterocycles. The number of anilines is 1. The average molecular weight is 381 g/mol. The first-order valence-electron chi connectivity index (χ1n) is 10.1. The van der Waals surface area contributed by atoms with Crippen molar-refractivity contribution in [3.8, 4) is 11.5 Å². The molecule has 5 rings (SSSR count). The largest absolute Gasteiger partial charge is 0.372 e. The van der Waals surface area contributed by atoms with Gasteiger partial charge < -0.3 is 9.47 Å². The molecular weight excluding hydrogens is 358 g/mol. The van der Waals surface area contributed by atoms with Gasteiger partial charge in [0.25, 0.3) is 0 Å². The van der Waals surface area contributed by atoms with E-state index in [0.29, 0.717) is 0 Å². The Labute approximate surface area is 169 Å². The second kappa shape index (κ2) is 7.09. The van der Waals surface area contributed by atoms with Crippen LogP contribution in [0.3, 0.4) is 0 Å². The molecule has 0 atom stereocenters. The number of fused-ring (bicyclic) bond motifs is 2. The van der Waals surface area contributed by atoms with Crippen molar-refractivity contribution in [2.24, 2.45) is 0 Å². The Morgan fingerprint density at radius 1 is 0.828 bits per heavy atom. The summed E-state index contributed by atoms with van der Waals surface area (Å²) in [4.78, 5) is 2.35. The standard InChI is InChI=1S/C24H23N5/c1-3-27(4-2)19-13-15-20(16-14-19)28-17-18-9-5-6-10-21(18)24(28)29-23-12-8-7-11-22(23)25-26-29/h5-17H,3-4H2,1-2H3. The fourth-order valence-corrected chi connectivity index (χ4v) is 3.99. The van der Waals surface area contributed by atoms with Crippen LogP contribution < -0.4 is 4.90 Å². The maximum Gasteiger partial charge on any atom is 0.149 e. The van der Waals surface area contributed by atoms with Crippen LogP contribution in [0.2, 0.25) is 0 Å². The van der Waals surface area contributed by atoms with Gasteiger partial charge in [-0.3, -0.25) is 0 Å². The van der Waals surface area contributed by atoms with Gasteiger partial charge in [0.1, 0.15) is 11.3 Å². The van der Waals surface area contributed by atoms with E-state index in [-0.39, 0.29) is 0 Å². The summed E-state index contributed by atoms with van der Waals surface area (Å²) in [6.07, 6.45) is 2.17. The predicted molar refractivity (Wildman–Crippen MR) is 119 cm³/mol. The van der Waals surface area contributed by atoms with Gasteiger partial charge in [0.05, 0.1) is 5.52 Å². The van der Waals surface area contributed by atoms with Crippen molar-refractivity contribution in [1.82, 2.24) is 19.6 Å². The summed E-state index contributed by atoms with van der Waals surface area (Å²) in [5, 5.41) is 11.2. The lowest BCUT2D eigenvalue weighted by atomic mass is 10.2. The molecule has 144 valence electrons. The Bertz CT molecular complexity index is 1280. The molecule has 5 nitrogen and oxygen atoms in total. The van der Waals surface area contributed by atoms with Gasteiger partial charge in [0.15, 0.2) is 0 Å². The Morgan fingerprint density at radius 2 is 1.55 bits per heavy atom. The number of aromatic nitrogens is 4. The summed E-state index contributed by atoms with van der Waals surface area (Å²) in [6, 6.07) is 25.2. The molecule has 0 N–H and O–H groups in total. The third kappa shape index (κ3) is 2.86. The van der Waals surface area contributed by atoms with E-state index in [4.69, 9.17) is 0 Å². The molecule has 5 heteroatoms. The van der Waals surface area contributed by atoms with E-state index in [0.717, 1.165) is 41.0 Å². The second-order valence-electron chi connectivity index (χ2n) is 7.09. The van der Waals surface area contributed by atoms with Crippen LogP contribution in [0, 0.1) is 0 Å². The maximum atomic E-state index is 4.48. The topological polar surface area (TPSA) is 38.9 Å². The lowest BCUT2D eigenvalue weighted by molar-refractivity contribution is 0.786. The van der Waals surface area contributed by atoms with E-state index in [2.05, 4.69) is 94.4 Å². The summed E-state index contributed by atoms with van der Waals surface area (Å²) in [6.45, 7) is 6.37. The first-order chi connectivity index (χ1) is 14.3. The fourth-order valence-electron chi connectivity index (χ4n) is 3.99. The third-order valence-electron chi connectivity index (χ3n) is 5.51. The van der Waals surface area contributed by atoms with Crippen molar-refractivity contribution < 1.29 is 0 Å². The summed E-state index contributed by atoms with van der Waals surface area (Å²) >= 11 is 0. The van der Waals surface area contributed by atoms with Crippen LogP contribution >= 0.6 is 0 Å². The van der Waals surface area contributed by atoms with Gasteiger partial charge in [0, 0.05) is 41.4 Å². The molecule has 0 amide bonds. The molecular formula is C24H23N5. The van der Waals surface area contributed by atoms with Crippen molar-refractivity contribution in [2.45, 2.75) is 13.8 Å². The van der Waals surface area contributed by atoms with E-state index in [1.165, 1.54) is 11.1 Å². The second-order valence-corrected chi connectivity index (χ2v) is 7.09. The van der Waals surface area contributed by atoms with Gasteiger partial charge in [-0.1, -0.05) is 41.6 Å². The molecule has 2 heterocycles. The zero-order valence-electron chi connectivity index (χ0n) is 16.7. The van der Waals surface area contributed by atoms with Crippen LogP contribution in [-0.2, 0) is 0 Å². The molecule has 3 aromatic carbocycles. The number of hydrogen-bond acceptors (Lipinski definition) is 3. The SMILES string of the molecule is CCN(CC)c1ccc(-n2cc3ccccc3c2-n2nnc3ccccc32)cc1. The molecule has 0 radical (unpaired) electrons. The monoisotopic (exact) mass is 381 g/mol. The Kier molecular flexibility index (Phi) is 4.28. The number of benzene rings is 3. The van der Waals surface area contributed by atoms with Crippen LogP contribution in [0.1, 0.15) is 13.8 Å². The molecule has 0 unspecified atom stereocenters. The smallest absolute Gasteiger partial charge is 0.149 e. The lowest BCUT2D eigenvalue weighted by Crippen LogP contribution is -2.21. The normalized spacial score (nSPS) is 11.4. The molecule has 2 aromatic heterocycles. The van der Waals surface area contributed by atoms with E-state index >= 15 is 0 Å². The fraction of sp³-hybridized carbons (Fsp3) is 0.167. The molecule has 0 saturated heterocycles. The average Bonchev–Trinajstić information content (AvgIpc) is 3.36. The van der Waals surface area contributed by atoms with Gasteiger partial charge >= 0.3 is 0 Å². The minimum absolute atomic E-state index is 0.890. The molecule has 0 saturated carbocycles. The summed E-state index contributed by atoms with van der Waals surface area (Å²) < 4.78 is 4.15. The number of rotatable bonds is 5. The van der Waals surface area contributed by atoms with Crippen LogP contribution in [0.25, 0.3) is 33.3 Å². The van der Waals surface area contributed by atoms with Crippen molar-refractivity contribution in [1.29, 1.82) is 0 Å². The van der Waals surface area contributed by atoms with Crippen molar-refractivity contribution >= 4 is 27.5 Å². The first kappa shape index (κ1) is 17.5. The molecule has 0 fully saturated rings. The van der Waals surface area contributed by atoms with E-state index in [9.17, 15) is 0 Å². The van der Waals surface area contributed by atoms with Crippen molar-refractivity contribution in [3.63, 3.8) is 0 Å². The summed E-state index contributed by atoms with van der Waals surface area (Å²) in [7, 11) is 0. The summed E-state index contributed by atoms with van der Waals surface area (Å²) in [5.41, 5.74) is 4.23. The lowest BCUT2D eigenvalue weighted by Gasteiger charge is -2.21. The van der Waals surface area contributed by atoms with Crippen LogP contribution in [0.5, 0.6) is 0 Å². The highest BCUT2D eigenvalue weighted by Crippen LogP contribution is 2.30. The predicted octanol–water partition coefficient (Wildman–Crippen LogP) is 5.21. The summed E-state index contributed by atoms with van der Waals surface area (Å²) in [5.74, 6) is 1.00. The molecule has 0 aliphatic carbocycles. The van der Waals surface area contributed by atoms with Crippen molar-refractivity contribution in [3.05, 3.63) is 79.0 Å². The molecule has 0 bridgehead atoms. The Hall–Kier alpha value is -3.60. The van der Waals surface area contributed by atoms with Gasteiger partial charge in [-0.25, -0.2) is 0 Å².